The van der Waals surface area contributed by atoms with Gasteiger partial charge in [-0.1, -0.05) is 58.9 Å². The van der Waals surface area contributed by atoms with Crippen molar-refractivity contribution < 1.29 is 60.0 Å². The molecule has 0 spiro atoms. The highest BCUT2D eigenvalue weighted by molar-refractivity contribution is 8.00. The van der Waals surface area contributed by atoms with Gasteiger partial charge in [0.15, 0.2) is 0 Å². The molecule has 2 atom stereocenters. The molecule has 292 valence electrons. The van der Waals surface area contributed by atoms with E-state index in [1.165, 1.54) is 13.8 Å². The van der Waals surface area contributed by atoms with Gasteiger partial charge in [-0.2, -0.15) is 26.3 Å². The van der Waals surface area contributed by atoms with E-state index in [4.69, 9.17) is 37.4 Å². The van der Waals surface area contributed by atoms with Crippen LogP contribution in [0.1, 0.15) is 46.6 Å². The SMILES string of the molecule is CCOC(=O)C(Sc1cc(Oc2ccc([N+](=O)[O-])c(SC(C(=O)OCC)c3ccc(C(F)(F)F)cc3Cl)c2)ccc1[N+](=O)[O-])c1ccc(C(F)(F)F)cc1Cl. The molecule has 11 nitrogen and oxygen atoms in total. The summed E-state index contributed by atoms with van der Waals surface area (Å²) in [6.07, 6.45) is -9.52. The fraction of sp³-hybridized carbons (Fsp3) is 0.235. The van der Waals surface area contributed by atoms with Crippen LogP contribution in [0.5, 0.6) is 11.5 Å². The number of nitro groups is 2. The Morgan fingerprint density at radius 1 is 0.655 bits per heavy atom. The number of nitro benzene ring substituents is 2. The lowest BCUT2D eigenvalue weighted by atomic mass is 10.1. The summed E-state index contributed by atoms with van der Waals surface area (Å²) in [5.74, 6) is -2.19. The number of carbonyl (C=O) groups is 2. The first-order valence-corrected chi connectivity index (χ1v) is 17.9. The van der Waals surface area contributed by atoms with E-state index in [0.717, 1.165) is 48.5 Å². The lowest BCUT2D eigenvalue weighted by Gasteiger charge is -2.19. The molecule has 0 amide bonds. The van der Waals surface area contributed by atoms with E-state index in [1.807, 2.05) is 0 Å². The predicted molar refractivity (Wildman–Crippen MR) is 190 cm³/mol. The van der Waals surface area contributed by atoms with Gasteiger partial charge in [-0.05, 0) is 61.4 Å². The Morgan fingerprint density at radius 2 is 1.02 bits per heavy atom. The van der Waals surface area contributed by atoms with Gasteiger partial charge in [0.2, 0.25) is 0 Å². The number of hydrogen-bond donors (Lipinski definition) is 0. The Balaban J connectivity index is 1.75. The Morgan fingerprint density at radius 3 is 1.31 bits per heavy atom. The second kappa shape index (κ2) is 17.8. The third-order valence-corrected chi connectivity index (χ3v) is 10.4. The molecule has 4 aromatic rings. The second-order valence-corrected chi connectivity index (χ2v) is 14.0. The zero-order chi connectivity index (χ0) is 40.8. The maximum Gasteiger partial charge on any atom is 0.416 e. The van der Waals surface area contributed by atoms with Gasteiger partial charge in [0.1, 0.15) is 22.0 Å². The average Bonchev–Trinajstić information content (AvgIpc) is 3.09. The molecule has 0 radical (unpaired) electrons. The van der Waals surface area contributed by atoms with E-state index in [-0.39, 0.29) is 45.6 Å². The van der Waals surface area contributed by atoms with E-state index in [9.17, 15) is 56.2 Å². The van der Waals surface area contributed by atoms with Gasteiger partial charge in [-0.3, -0.25) is 29.8 Å². The number of halogens is 8. The largest absolute Gasteiger partial charge is 0.465 e. The third kappa shape index (κ3) is 10.7. The Bertz CT molecular complexity index is 1980. The molecule has 4 rings (SSSR count). The van der Waals surface area contributed by atoms with E-state index in [0.29, 0.717) is 47.8 Å². The molecule has 4 aromatic carbocycles. The molecule has 0 saturated heterocycles. The molecular weight excluding hydrogens is 829 g/mol. The standard InChI is InChI=1S/C34H24Cl2F6N2O9S2/c1-3-51-31(45)29(21-9-5-17(13-23(21)35)33(37,38)39)54-27-15-19(7-11-25(27)43(47)48)53-20-8-12-26(44(49)50)28(16-20)55-30(32(46)52-4-2)22-10-6-18(14-24(22)36)34(40,41)42/h5-16,29-30H,3-4H2,1-2H3. The third-order valence-electron chi connectivity index (χ3n) is 7.20. The number of nitrogens with zero attached hydrogens (tertiary/aromatic N) is 2. The van der Waals surface area contributed by atoms with E-state index < -0.39 is 77.2 Å². The zero-order valence-corrected chi connectivity index (χ0v) is 31.1. The van der Waals surface area contributed by atoms with Gasteiger partial charge < -0.3 is 14.2 Å². The molecule has 0 heterocycles. The molecule has 0 saturated carbocycles. The Labute approximate surface area is 325 Å². The number of alkyl halides is 6. The maximum absolute atomic E-state index is 13.3. The highest BCUT2D eigenvalue weighted by Gasteiger charge is 2.36. The van der Waals surface area contributed by atoms with Crippen LogP contribution in [0.15, 0.2) is 82.6 Å². The molecular formula is C34H24Cl2F6N2O9S2. The topological polar surface area (TPSA) is 148 Å². The van der Waals surface area contributed by atoms with Gasteiger partial charge in [0, 0.05) is 34.3 Å². The fourth-order valence-electron chi connectivity index (χ4n) is 4.74. The molecule has 0 aliphatic rings. The van der Waals surface area contributed by atoms with Crippen LogP contribution in [-0.4, -0.2) is 35.0 Å². The summed E-state index contributed by atoms with van der Waals surface area (Å²) < 4.78 is 95.9. The van der Waals surface area contributed by atoms with Crippen molar-refractivity contribution in [2.75, 3.05) is 13.2 Å². The summed E-state index contributed by atoms with van der Waals surface area (Å²) in [7, 11) is 0. The minimum atomic E-state index is -4.76. The molecule has 0 fully saturated rings. The quantitative estimate of drug-likeness (QED) is 0.0392. The van der Waals surface area contributed by atoms with Crippen molar-refractivity contribution in [3.05, 3.63) is 125 Å². The summed E-state index contributed by atoms with van der Waals surface area (Å²) >= 11 is 13.4. The van der Waals surface area contributed by atoms with Crippen LogP contribution in [0.3, 0.4) is 0 Å². The summed E-state index contributed by atoms with van der Waals surface area (Å²) in [5, 5.41) is 20.1. The summed E-state index contributed by atoms with van der Waals surface area (Å²) in [4.78, 5) is 48.1. The molecule has 0 N–H and O–H groups in total. The van der Waals surface area contributed by atoms with Crippen LogP contribution in [0, 0.1) is 20.2 Å². The Kier molecular flexibility index (Phi) is 13.9. The Hall–Kier alpha value is -4.72. The minimum Gasteiger partial charge on any atom is -0.465 e. The van der Waals surface area contributed by atoms with Crippen molar-refractivity contribution in [1.82, 2.24) is 0 Å². The molecule has 0 aliphatic carbocycles. The van der Waals surface area contributed by atoms with E-state index >= 15 is 0 Å². The van der Waals surface area contributed by atoms with Crippen molar-refractivity contribution in [3.63, 3.8) is 0 Å². The lowest BCUT2D eigenvalue weighted by molar-refractivity contribution is -0.387. The number of carbonyl (C=O) groups excluding carboxylic acids is 2. The number of rotatable bonds is 14. The molecule has 55 heavy (non-hydrogen) atoms. The van der Waals surface area contributed by atoms with Crippen LogP contribution in [-0.2, 0) is 31.4 Å². The molecule has 2 unspecified atom stereocenters. The second-order valence-electron chi connectivity index (χ2n) is 10.8. The highest BCUT2D eigenvalue weighted by atomic mass is 35.5. The van der Waals surface area contributed by atoms with E-state index in [2.05, 4.69) is 0 Å². The number of hydrogen-bond acceptors (Lipinski definition) is 11. The zero-order valence-electron chi connectivity index (χ0n) is 27.9. The normalized spacial score (nSPS) is 12.8. The first kappa shape index (κ1) is 43.0. The van der Waals surface area contributed by atoms with Crippen molar-refractivity contribution in [2.45, 2.75) is 46.5 Å². The first-order valence-electron chi connectivity index (χ1n) is 15.4. The average molecular weight is 854 g/mol. The van der Waals surface area contributed by atoms with Crippen LogP contribution in [0.2, 0.25) is 10.0 Å². The summed E-state index contributed by atoms with van der Waals surface area (Å²) in [6.45, 7) is 2.63. The van der Waals surface area contributed by atoms with Crippen LogP contribution < -0.4 is 4.74 Å². The first-order chi connectivity index (χ1) is 25.7. The van der Waals surface area contributed by atoms with Crippen molar-refractivity contribution in [3.8, 4) is 11.5 Å². The smallest absolute Gasteiger partial charge is 0.416 e. The monoisotopic (exact) mass is 852 g/mol. The summed E-state index contributed by atoms with van der Waals surface area (Å²) in [6, 6.07) is 11.1. The van der Waals surface area contributed by atoms with Crippen LogP contribution in [0.4, 0.5) is 37.7 Å². The molecule has 21 heteroatoms. The number of esters is 2. The van der Waals surface area contributed by atoms with E-state index in [1.54, 1.807) is 0 Å². The van der Waals surface area contributed by atoms with Gasteiger partial charge in [0.05, 0.1) is 44.0 Å². The molecule has 0 bridgehead atoms. The fourth-order valence-corrected chi connectivity index (χ4v) is 7.85. The van der Waals surface area contributed by atoms with Crippen LogP contribution >= 0.6 is 46.7 Å². The lowest BCUT2D eigenvalue weighted by Crippen LogP contribution is -2.15. The van der Waals surface area contributed by atoms with Crippen LogP contribution in [0.25, 0.3) is 0 Å². The number of ether oxygens (including phenoxy) is 3. The van der Waals surface area contributed by atoms with Gasteiger partial charge >= 0.3 is 24.3 Å². The predicted octanol–water partition coefficient (Wildman–Crippen LogP) is 11.4. The number of thioether (sulfide) groups is 2. The number of benzene rings is 4. The molecule has 0 aliphatic heterocycles. The maximum atomic E-state index is 13.3. The van der Waals surface area contributed by atoms with Crippen molar-refractivity contribution in [2.24, 2.45) is 0 Å². The highest BCUT2D eigenvalue weighted by Crippen LogP contribution is 2.48. The molecule has 0 aromatic heterocycles. The van der Waals surface area contributed by atoms with Crippen molar-refractivity contribution >= 4 is 70.0 Å². The van der Waals surface area contributed by atoms with Gasteiger partial charge in [0.25, 0.3) is 11.4 Å². The van der Waals surface area contributed by atoms with Crippen molar-refractivity contribution in [1.29, 1.82) is 0 Å². The van der Waals surface area contributed by atoms with Gasteiger partial charge in [-0.25, -0.2) is 0 Å². The van der Waals surface area contributed by atoms with Gasteiger partial charge in [-0.15, -0.1) is 0 Å². The summed E-state index contributed by atoms with van der Waals surface area (Å²) in [5.41, 5.74) is -3.57. The minimum absolute atomic E-state index is 0.119.